The molecule has 0 fully saturated rings. The zero-order valence-corrected chi connectivity index (χ0v) is 11.1. The highest BCUT2D eigenvalue weighted by Crippen LogP contribution is 2.18. The first kappa shape index (κ1) is 13.3. The monoisotopic (exact) mass is 258 g/mol. The first-order valence-electron chi connectivity index (χ1n) is 6.24. The van der Waals surface area contributed by atoms with E-state index in [4.69, 9.17) is 5.73 Å². The fourth-order valence-corrected chi connectivity index (χ4v) is 1.75. The molecule has 2 rings (SSSR count). The van der Waals surface area contributed by atoms with Crippen LogP contribution in [0.25, 0.3) is 5.69 Å². The lowest BCUT2D eigenvalue weighted by Crippen LogP contribution is -2.27. The van der Waals surface area contributed by atoms with Crippen molar-refractivity contribution < 1.29 is 4.79 Å². The Kier molecular flexibility index (Phi) is 3.97. The summed E-state index contributed by atoms with van der Waals surface area (Å²) in [5.74, 6) is 0.331. The Balaban J connectivity index is 2.28. The maximum Gasteiger partial charge on any atom is 0.229 e. The summed E-state index contributed by atoms with van der Waals surface area (Å²) in [6.45, 7) is 4.12. The van der Waals surface area contributed by atoms with E-state index in [0.717, 1.165) is 11.3 Å². The minimum Gasteiger partial charge on any atom is -0.330 e. The van der Waals surface area contributed by atoms with Gasteiger partial charge in [-0.25, -0.2) is 4.68 Å². The predicted octanol–water partition coefficient (Wildman–Crippen LogP) is 1.71. The molecular weight excluding hydrogens is 240 g/mol. The van der Waals surface area contributed by atoms with Crippen LogP contribution in [0.15, 0.2) is 36.5 Å². The van der Waals surface area contributed by atoms with Crippen LogP contribution in [0.2, 0.25) is 0 Å². The Hall–Kier alpha value is -2.14. The Labute approximate surface area is 112 Å². The highest BCUT2D eigenvalue weighted by molar-refractivity contribution is 5.91. The summed E-state index contributed by atoms with van der Waals surface area (Å²) in [5, 5.41) is 7.10. The van der Waals surface area contributed by atoms with Crippen molar-refractivity contribution in [2.24, 2.45) is 11.7 Å². The van der Waals surface area contributed by atoms with Gasteiger partial charge in [-0.05, 0) is 18.6 Å². The highest BCUT2D eigenvalue weighted by atomic mass is 16.2. The molecular formula is C14H18N4O. The van der Waals surface area contributed by atoms with Crippen LogP contribution in [0.1, 0.15) is 12.5 Å². The fraction of sp³-hybridized carbons (Fsp3) is 0.286. The number of hydrogen-bond donors (Lipinski definition) is 2. The molecule has 1 unspecified atom stereocenters. The van der Waals surface area contributed by atoms with Gasteiger partial charge >= 0.3 is 0 Å². The molecule has 0 saturated heterocycles. The number of nitrogens with one attached hydrogen (secondary N) is 1. The quantitative estimate of drug-likeness (QED) is 0.877. The molecule has 1 aromatic heterocycles. The van der Waals surface area contributed by atoms with Crippen molar-refractivity contribution in [2.75, 3.05) is 11.9 Å². The third kappa shape index (κ3) is 2.82. The van der Waals surface area contributed by atoms with E-state index in [1.165, 1.54) is 0 Å². The van der Waals surface area contributed by atoms with Gasteiger partial charge in [0.1, 0.15) is 5.82 Å². The second-order valence-electron chi connectivity index (χ2n) is 4.54. The molecule has 3 N–H and O–H groups in total. The van der Waals surface area contributed by atoms with Crippen LogP contribution in [-0.4, -0.2) is 22.2 Å². The molecule has 0 radical (unpaired) electrons. The van der Waals surface area contributed by atoms with Gasteiger partial charge in [-0.2, -0.15) is 5.10 Å². The van der Waals surface area contributed by atoms with E-state index in [0.29, 0.717) is 12.4 Å². The predicted molar refractivity (Wildman–Crippen MR) is 75.1 cm³/mol. The van der Waals surface area contributed by atoms with Crippen LogP contribution in [0.4, 0.5) is 5.82 Å². The van der Waals surface area contributed by atoms with Gasteiger partial charge < -0.3 is 11.1 Å². The summed E-state index contributed by atoms with van der Waals surface area (Å²) < 4.78 is 1.72. The maximum absolute atomic E-state index is 11.9. The first-order valence-corrected chi connectivity index (χ1v) is 6.24. The van der Waals surface area contributed by atoms with Crippen molar-refractivity contribution in [3.63, 3.8) is 0 Å². The smallest absolute Gasteiger partial charge is 0.229 e. The lowest BCUT2D eigenvalue weighted by atomic mass is 10.2. The lowest BCUT2D eigenvalue weighted by molar-refractivity contribution is -0.119. The van der Waals surface area contributed by atoms with Crippen molar-refractivity contribution in [1.82, 2.24) is 9.78 Å². The molecule has 1 amide bonds. The topological polar surface area (TPSA) is 72.9 Å². The number of aryl methyl sites for hydroxylation is 1. The highest BCUT2D eigenvalue weighted by Gasteiger charge is 2.14. The van der Waals surface area contributed by atoms with Gasteiger partial charge in [0, 0.05) is 18.5 Å². The Morgan fingerprint density at radius 2 is 2.16 bits per heavy atom. The number of amides is 1. The van der Waals surface area contributed by atoms with Gasteiger partial charge in [0.25, 0.3) is 0 Å². The van der Waals surface area contributed by atoms with Crippen molar-refractivity contribution >= 4 is 11.7 Å². The van der Waals surface area contributed by atoms with E-state index in [1.807, 2.05) is 31.2 Å². The van der Waals surface area contributed by atoms with Gasteiger partial charge in [-0.15, -0.1) is 0 Å². The number of carbonyl (C=O) groups excluding carboxylic acids is 1. The molecule has 5 nitrogen and oxygen atoms in total. The van der Waals surface area contributed by atoms with E-state index in [9.17, 15) is 4.79 Å². The second-order valence-corrected chi connectivity index (χ2v) is 4.54. The van der Waals surface area contributed by atoms with Crippen LogP contribution < -0.4 is 11.1 Å². The van der Waals surface area contributed by atoms with Crippen molar-refractivity contribution in [1.29, 1.82) is 0 Å². The molecule has 1 aromatic carbocycles. The number of hydrogen-bond acceptors (Lipinski definition) is 3. The molecule has 1 heterocycles. The third-order valence-corrected chi connectivity index (χ3v) is 3.04. The molecule has 0 aliphatic carbocycles. The summed E-state index contributed by atoms with van der Waals surface area (Å²) in [7, 11) is 0. The zero-order valence-electron chi connectivity index (χ0n) is 11.1. The van der Waals surface area contributed by atoms with E-state index >= 15 is 0 Å². The molecule has 0 aliphatic heterocycles. The Morgan fingerprint density at radius 1 is 1.42 bits per heavy atom. The summed E-state index contributed by atoms with van der Waals surface area (Å²) in [6, 6.07) is 9.65. The number of anilines is 1. The normalized spacial score (nSPS) is 12.2. The van der Waals surface area contributed by atoms with Crippen molar-refractivity contribution in [3.05, 3.63) is 42.1 Å². The van der Waals surface area contributed by atoms with Crippen LogP contribution in [0, 0.1) is 12.8 Å². The molecule has 1 atom stereocenters. The number of nitrogens with two attached hydrogens (primary N) is 1. The number of para-hydroxylation sites is 1. The van der Waals surface area contributed by atoms with Gasteiger partial charge in [0.15, 0.2) is 0 Å². The molecule has 2 aromatic rings. The molecule has 5 heteroatoms. The van der Waals surface area contributed by atoms with Gasteiger partial charge in [0.05, 0.1) is 11.9 Å². The number of carbonyl (C=O) groups is 1. The van der Waals surface area contributed by atoms with E-state index < -0.39 is 0 Å². The second kappa shape index (κ2) is 5.67. The maximum atomic E-state index is 11.9. The number of nitrogens with zero attached hydrogens (tertiary/aromatic N) is 2. The Morgan fingerprint density at radius 3 is 2.84 bits per heavy atom. The van der Waals surface area contributed by atoms with Crippen molar-refractivity contribution in [2.45, 2.75) is 13.8 Å². The van der Waals surface area contributed by atoms with Crippen LogP contribution in [-0.2, 0) is 4.79 Å². The zero-order chi connectivity index (χ0) is 13.8. The first-order chi connectivity index (χ1) is 9.13. The molecule has 100 valence electrons. The standard InChI is InChI=1S/C14H18N4O/c1-10-5-3-4-6-12(10)18-13(7-8-16-18)17-14(19)11(2)9-15/h3-8,11H,9,15H2,1-2H3,(H,17,19). The summed E-state index contributed by atoms with van der Waals surface area (Å²) in [5.41, 5.74) is 7.53. The molecule has 0 bridgehead atoms. The van der Waals surface area contributed by atoms with Gasteiger partial charge in [0.2, 0.25) is 5.91 Å². The summed E-state index contributed by atoms with van der Waals surface area (Å²) in [6.07, 6.45) is 1.66. The number of benzene rings is 1. The molecule has 0 spiro atoms. The van der Waals surface area contributed by atoms with Crippen LogP contribution in [0.3, 0.4) is 0 Å². The minimum absolute atomic E-state index is 0.0992. The molecule has 19 heavy (non-hydrogen) atoms. The average molecular weight is 258 g/mol. The Bertz CT molecular complexity index is 576. The minimum atomic E-state index is -0.222. The van der Waals surface area contributed by atoms with Gasteiger partial charge in [-0.3, -0.25) is 4.79 Å². The van der Waals surface area contributed by atoms with E-state index in [1.54, 1.807) is 23.9 Å². The number of aromatic nitrogens is 2. The van der Waals surface area contributed by atoms with Crippen molar-refractivity contribution in [3.8, 4) is 5.69 Å². The van der Waals surface area contributed by atoms with Crippen LogP contribution >= 0.6 is 0 Å². The summed E-state index contributed by atoms with van der Waals surface area (Å²) in [4.78, 5) is 11.9. The largest absolute Gasteiger partial charge is 0.330 e. The summed E-state index contributed by atoms with van der Waals surface area (Å²) >= 11 is 0. The number of rotatable bonds is 4. The third-order valence-electron chi connectivity index (χ3n) is 3.04. The van der Waals surface area contributed by atoms with Crippen LogP contribution in [0.5, 0.6) is 0 Å². The molecule has 0 aliphatic rings. The van der Waals surface area contributed by atoms with E-state index in [2.05, 4.69) is 10.4 Å². The molecule has 0 saturated carbocycles. The average Bonchev–Trinajstić information content (AvgIpc) is 2.86. The van der Waals surface area contributed by atoms with Gasteiger partial charge in [-0.1, -0.05) is 25.1 Å². The lowest BCUT2D eigenvalue weighted by Gasteiger charge is -2.13. The fourth-order valence-electron chi connectivity index (χ4n) is 1.75. The van der Waals surface area contributed by atoms with E-state index in [-0.39, 0.29) is 11.8 Å². The SMILES string of the molecule is Cc1ccccc1-n1nccc1NC(=O)C(C)CN.